The molecule has 1 unspecified atom stereocenters. The van der Waals surface area contributed by atoms with Crippen LogP contribution in [0.25, 0.3) is 0 Å². The summed E-state index contributed by atoms with van der Waals surface area (Å²) in [6.07, 6.45) is -0.738. The Kier molecular flexibility index (Phi) is 5.87. The van der Waals surface area contributed by atoms with Gasteiger partial charge < -0.3 is 14.6 Å². The molecule has 0 aliphatic rings. The number of rotatable bonds is 7. The zero-order chi connectivity index (χ0) is 16.9. The third-order valence-electron chi connectivity index (χ3n) is 3.10. The Morgan fingerprint density at radius 1 is 1.17 bits per heavy atom. The van der Waals surface area contributed by atoms with Crippen molar-refractivity contribution in [3.63, 3.8) is 0 Å². The van der Waals surface area contributed by atoms with E-state index in [4.69, 9.17) is 15.8 Å². The highest BCUT2D eigenvalue weighted by atomic mass is 35.5. The van der Waals surface area contributed by atoms with Crippen LogP contribution in [-0.2, 0) is 10.1 Å². The first kappa shape index (κ1) is 17.6. The minimum absolute atomic E-state index is 0.0810. The lowest BCUT2D eigenvalue weighted by molar-refractivity contribution is 0.211. The van der Waals surface area contributed by atoms with Crippen LogP contribution >= 0.6 is 11.6 Å². The first-order valence-electron chi connectivity index (χ1n) is 7.00. The van der Waals surface area contributed by atoms with Crippen molar-refractivity contribution < 1.29 is 17.7 Å². The highest BCUT2D eigenvalue weighted by Crippen LogP contribution is 2.27. The van der Waals surface area contributed by atoms with Crippen molar-refractivity contribution in [1.29, 1.82) is 0 Å². The number of para-hydroxylation sites is 2. The van der Waals surface area contributed by atoms with Crippen molar-refractivity contribution in [3.8, 4) is 5.75 Å². The normalized spacial score (nSPS) is 12.7. The molecule has 0 heterocycles. The van der Waals surface area contributed by atoms with E-state index in [0.717, 1.165) is 5.56 Å². The van der Waals surface area contributed by atoms with E-state index in [1.165, 1.54) is 12.1 Å². The minimum atomic E-state index is -3.93. The van der Waals surface area contributed by atoms with E-state index in [9.17, 15) is 13.5 Å². The molecule has 0 aromatic heterocycles. The van der Waals surface area contributed by atoms with Crippen LogP contribution in [0.15, 0.2) is 53.4 Å². The summed E-state index contributed by atoms with van der Waals surface area (Å²) in [5.41, 5.74) is 1.42. The van der Waals surface area contributed by atoms with Crippen LogP contribution in [-0.4, -0.2) is 32.1 Å². The quantitative estimate of drug-likeness (QED) is 0.590. The molecule has 2 N–H and O–H groups in total. The van der Waals surface area contributed by atoms with Gasteiger partial charge in [-0.25, -0.2) is 0 Å². The number of alkyl halides is 1. The Morgan fingerprint density at radius 2 is 1.83 bits per heavy atom. The lowest BCUT2D eigenvalue weighted by Crippen LogP contribution is -2.21. The Morgan fingerprint density at radius 3 is 2.48 bits per heavy atom. The topological polar surface area (TPSA) is 75.6 Å². The van der Waals surface area contributed by atoms with Gasteiger partial charge in [0.15, 0.2) is 5.75 Å². The van der Waals surface area contributed by atoms with Crippen molar-refractivity contribution in [2.24, 2.45) is 0 Å². The smallest absolute Gasteiger partial charge is 0.339 e. The number of hydrogen-bond acceptors (Lipinski definition) is 5. The van der Waals surface area contributed by atoms with Crippen molar-refractivity contribution in [2.75, 3.05) is 17.7 Å². The molecule has 0 saturated heterocycles. The molecule has 0 radical (unpaired) electrons. The van der Waals surface area contributed by atoms with E-state index < -0.39 is 16.2 Å². The predicted octanol–water partition coefficient (Wildman–Crippen LogP) is 2.77. The molecular formula is C16H18ClNO4S. The summed E-state index contributed by atoms with van der Waals surface area (Å²) in [4.78, 5) is 0.0821. The van der Waals surface area contributed by atoms with E-state index in [2.05, 4.69) is 5.32 Å². The third-order valence-corrected chi connectivity index (χ3v) is 4.71. The molecule has 1 atom stereocenters. The van der Waals surface area contributed by atoms with Gasteiger partial charge in [0, 0.05) is 6.54 Å². The first-order chi connectivity index (χ1) is 10.9. The Balaban J connectivity index is 2.20. The maximum atomic E-state index is 12.3. The number of halogens is 1. The van der Waals surface area contributed by atoms with Crippen molar-refractivity contribution in [1.82, 2.24) is 0 Å². The number of aliphatic hydroxyl groups excluding tert-OH is 1. The van der Waals surface area contributed by atoms with Gasteiger partial charge in [-0.05, 0) is 31.2 Å². The molecule has 0 aliphatic heterocycles. The van der Waals surface area contributed by atoms with Gasteiger partial charge in [0.2, 0.25) is 0 Å². The molecule has 2 aromatic rings. The highest BCUT2D eigenvalue weighted by Gasteiger charge is 2.18. The van der Waals surface area contributed by atoms with Crippen molar-refractivity contribution in [3.05, 3.63) is 54.1 Å². The van der Waals surface area contributed by atoms with Gasteiger partial charge in [-0.2, -0.15) is 8.42 Å². The van der Waals surface area contributed by atoms with Gasteiger partial charge in [0.05, 0.1) is 17.7 Å². The lowest BCUT2D eigenvalue weighted by Gasteiger charge is -2.14. The van der Waals surface area contributed by atoms with Gasteiger partial charge in [-0.3, -0.25) is 0 Å². The van der Waals surface area contributed by atoms with Gasteiger partial charge in [-0.1, -0.05) is 29.8 Å². The van der Waals surface area contributed by atoms with Crippen molar-refractivity contribution >= 4 is 27.4 Å². The van der Waals surface area contributed by atoms with Gasteiger partial charge >= 0.3 is 10.1 Å². The number of hydrogen-bond donors (Lipinski definition) is 2. The summed E-state index contributed by atoms with van der Waals surface area (Å²) in [5, 5.41) is 12.4. The molecule has 124 valence electrons. The fraction of sp³-hybridized carbons (Fsp3) is 0.250. The number of nitrogens with one attached hydrogen (secondary N) is 1. The molecule has 0 spiro atoms. The van der Waals surface area contributed by atoms with Crippen LogP contribution in [0.3, 0.4) is 0 Å². The average molecular weight is 356 g/mol. The minimum Gasteiger partial charge on any atom is -0.390 e. The summed E-state index contributed by atoms with van der Waals surface area (Å²) in [6, 6.07) is 13.0. The second-order valence-corrected chi connectivity index (χ2v) is 6.89. The van der Waals surface area contributed by atoms with E-state index >= 15 is 0 Å². The fourth-order valence-electron chi connectivity index (χ4n) is 1.84. The molecule has 0 saturated carbocycles. The Bertz CT molecular complexity index is 747. The zero-order valence-electron chi connectivity index (χ0n) is 12.6. The second kappa shape index (κ2) is 7.68. The predicted molar refractivity (Wildman–Crippen MR) is 90.7 cm³/mol. The molecule has 0 bridgehead atoms. The lowest BCUT2D eigenvalue weighted by atomic mass is 10.2. The van der Waals surface area contributed by atoms with Crippen molar-refractivity contribution in [2.45, 2.75) is 17.9 Å². The van der Waals surface area contributed by atoms with Gasteiger partial charge in [-0.15, -0.1) is 11.6 Å². The number of benzene rings is 2. The standard InChI is InChI=1S/C16H18ClNO4S/c1-12-6-8-14(9-7-12)23(20,21)22-16-5-3-2-4-15(16)18-11-13(19)10-17/h2-9,13,18-19H,10-11H2,1H3. The van der Waals surface area contributed by atoms with Crippen LogP contribution in [0.1, 0.15) is 5.56 Å². The van der Waals surface area contributed by atoms with Crippen LogP contribution in [0.2, 0.25) is 0 Å². The Hall–Kier alpha value is -1.76. The monoisotopic (exact) mass is 355 g/mol. The largest absolute Gasteiger partial charge is 0.390 e. The number of aryl methyl sites for hydroxylation is 1. The summed E-state index contributed by atoms with van der Waals surface area (Å²) < 4.78 is 29.9. The highest BCUT2D eigenvalue weighted by molar-refractivity contribution is 7.87. The summed E-state index contributed by atoms with van der Waals surface area (Å²) in [7, 11) is -3.93. The molecule has 5 nitrogen and oxygen atoms in total. The zero-order valence-corrected chi connectivity index (χ0v) is 14.1. The molecule has 2 rings (SSSR count). The molecule has 0 amide bonds. The van der Waals surface area contributed by atoms with Crippen LogP contribution in [0, 0.1) is 6.92 Å². The van der Waals surface area contributed by atoms with E-state index in [-0.39, 0.29) is 23.1 Å². The second-order valence-electron chi connectivity index (χ2n) is 5.04. The molecule has 0 fully saturated rings. The molecule has 0 aliphatic carbocycles. The van der Waals surface area contributed by atoms with Crippen LogP contribution < -0.4 is 9.50 Å². The summed E-state index contributed by atoms with van der Waals surface area (Å²) in [5.74, 6) is 0.243. The van der Waals surface area contributed by atoms with Gasteiger partial charge in [0.25, 0.3) is 0 Å². The fourth-order valence-corrected chi connectivity index (χ4v) is 2.90. The molecule has 23 heavy (non-hydrogen) atoms. The van der Waals surface area contributed by atoms with E-state index in [1.54, 1.807) is 36.4 Å². The van der Waals surface area contributed by atoms with Crippen LogP contribution in [0.5, 0.6) is 5.75 Å². The van der Waals surface area contributed by atoms with Gasteiger partial charge in [0.1, 0.15) is 4.90 Å². The first-order valence-corrected chi connectivity index (χ1v) is 8.95. The molecule has 2 aromatic carbocycles. The number of aliphatic hydroxyl groups is 1. The Labute approximate surface area is 141 Å². The maximum absolute atomic E-state index is 12.3. The molecule has 7 heteroatoms. The summed E-state index contributed by atoms with van der Waals surface area (Å²) in [6.45, 7) is 2.06. The average Bonchev–Trinajstić information content (AvgIpc) is 2.53. The maximum Gasteiger partial charge on any atom is 0.339 e. The SMILES string of the molecule is Cc1ccc(S(=O)(=O)Oc2ccccc2NCC(O)CCl)cc1. The number of anilines is 1. The van der Waals surface area contributed by atoms with Crippen LogP contribution in [0.4, 0.5) is 5.69 Å². The third kappa shape index (κ3) is 4.86. The van der Waals surface area contributed by atoms with E-state index in [1.807, 2.05) is 6.92 Å². The molecular weight excluding hydrogens is 338 g/mol. The summed E-state index contributed by atoms with van der Waals surface area (Å²) >= 11 is 5.54. The van der Waals surface area contributed by atoms with E-state index in [0.29, 0.717) is 5.69 Å².